The molecule has 0 saturated heterocycles. The highest BCUT2D eigenvalue weighted by atomic mass is 16.5. The number of pyridine rings is 1. The zero-order valence-electron chi connectivity index (χ0n) is 12.4. The minimum Gasteiger partial charge on any atom is -0.383 e. The summed E-state index contributed by atoms with van der Waals surface area (Å²) < 4.78 is 6.54. The van der Waals surface area contributed by atoms with Gasteiger partial charge in [0.15, 0.2) is 0 Å². The van der Waals surface area contributed by atoms with E-state index in [-0.39, 0.29) is 17.9 Å². The third kappa shape index (κ3) is 3.70. The zero-order chi connectivity index (χ0) is 15.2. The number of nitrogens with zero attached hydrogens (tertiary/aromatic N) is 1. The lowest BCUT2D eigenvalue weighted by molar-refractivity contribution is -0.121. The summed E-state index contributed by atoms with van der Waals surface area (Å²) in [5.41, 5.74) is 1.50. The number of methoxy groups -OCH3 is 1. The van der Waals surface area contributed by atoms with Crippen molar-refractivity contribution >= 4 is 16.8 Å². The van der Waals surface area contributed by atoms with Crippen LogP contribution in [-0.4, -0.2) is 30.7 Å². The third-order valence-electron chi connectivity index (χ3n) is 3.37. The number of rotatable bonds is 6. The van der Waals surface area contributed by atoms with E-state index in [2.05, 4.69) is 5.32 Å². The average molecular weight is 288 g/mol. The number of hydrogen-bond acceptors (Lipinski definition) is 3. The van der Waals surface area contributed by atoms with Crippen LogP contribution in [0.5, 0.6) is 0 Å². The number of fused-ring (bicyclic) bond motifs is 1. The van der Waals surface area contributed by atoms with E-state index in [1.807, 2.05) is 30.3 Å². The van der Waals surface area contributed by atoms with E-state index in [1.165, 1.54) is 0 Å². The summed E-state index contributed by atoms with van der Waals surface area (Å²) in [4.78, 5) is 24.0. The van der Waals surface area contributed by atoms with Gasteiger partial charge in [0.2, 0.25) is 5.91 Å². The normalized spacial score (nSPS) is 10.8. The SMILES string of the molecule is COCCNC(=O)CCn1c(=O)c(C)cc2ccccc21. The molecule has 112 valence electrons. The van der Waals surface area contributed by atoms with Gasteiger partial charge in [0.1, 0.15) is 0 Å². The molecule has 1 aromatic carbocycles. The fourth-order valence-corrected chi connectivity index (χ4v) is 2.29. The van der Waals surface area contributed by atoms with Crippen LogP contribution in [0.3, 0.4) is 0 Å². The molecule has 1 heterocycles. The van der Waals surface area contributed by atoms with Crippen LogP contribution in [0.1, 0.15) is 12.0 Å². The fraction of sp³-hybridized carbons (Fsp3) is 0.375. The molecular formula is C16H20N2O3. The van der Waals surface area contributed by atoms with Crippen molar-refractivity contribution in [3.8, 4) is 0 Å². The van der Waals surface area contributed by atoms with E-state index in [9.17, 15) is 9.59 Å². The molecule has 0 spiro atoms. The molecule has 0 radical (unpaired) electrons. The van der Waals surface area contributed by atoms with Crippen molar-refractivity contribution in [3.05, 3.63) is 46.2 Å². The Bertz CT molecular complexity index is 691. The van der Waals surface area contributed by atoms with Crippen molar-refractivity contribution in [3.63, 3.8) is 0 Å². The van der Waals surface area contributed by atoms with Gasteiger partial charge in [0, 0.05) is 32.2 Å². The standard InChI is InChI=1S/C16H20N2O3/c1-12-11-13-5-3-4-6-14(13)18(16(12)20)9-7-15(19)17-8-10-21-2/h3-6,11H,7-10H2,1-2H3,(H,17,19). The molecule has 0 aliphatic heterocycles. The lowest BCUT2D eigenvalue weighted by Gasteiger charge is -2.11. The van der Waals surface area contributed by atoms with Crippen LogP contribution in [-0.2, 0) is 16.1 Å². The summed E-state index contributed by atoms with van der Waals surface area (Å²) in [5.74, 6) is -0.0791. The van der Waals surface area contributed by atoms with Crippen LogP contribution in [0, 0.1) is 6.92 Å². The maximum atomic E-state index is 12.3. The summed E-state index contributed by atoms with van der Waals surface area (Å²) >= 11 is 0. The van der Waals surface area contributed by atoms with Crippen molar-refractivity contribution < 1.29 is 9.53 Å². The molecule has 0 saturated carbocycles. The first-order valence-electron chi connectivity index (χ1n) is 6.98. The molecule has 2 rings (SSSR count). The van der Waals surface area contributed by atoms with Crippen molar-refractivity contribution in [2.24, 2.45) is 0 Å². The summed E-state index contributed by atoms with van der Waals surface area (Å²) in [6, 6.07) is 9.59. The maximum absolute atomic E-state index is 12.3. The third-order valence-corrected chi connectivity index (χ3v) is 3.37. The number of para-hydroxylation sites is 1. The molecular weight excluding hydrogens is 268 g/mol. The van der Waals surface area contributed by atoms with E-state index >= 15 is 0 Å². The molecule has 21 heavy (non-hydrogen) atoms. The van der Waals surface area contributed by atoms with Crippen LogP contribution in [0.25, 0.3) is 10.9 Å². The molecule has 0 aliphatic carbocycles. The number of carbonyl (C=O) groups is 1. The smallest absolute Gasteiger partial charge is 0.253 e. The summed E-state index contributed by atoms with van der Waals surface area (Å²) in [5, 5.41) is 3.77. The van der Waals surface area contributed by atoms with Gasteiger partial charge in [-0.1, -0.05) is 18.2 Å². The Morgan fingerprint density at radius 1 is 1.33 bits per heavy atom. The lowest BCUT2D eigenvalue weighted by Crippen LogP contribution is -2.30. The Balaban J connectivity index is 2.16. The number of amides is 1. The van der Waals surface area contributed by atoms with Crippen molar-refractivity contribution in [1.29, 1.82) is 0 Å². The zero-order valence-corrected chi connectivity index (χ0v) is 12.4. The van der Waals surface area contributed by atoms with Gasteiger partial charge in [-0.05, 0) is 24.4 Å². The van der Waals surface area contributed by atoms with Gasteiger partial charge in [0.05, 0.1) is 12.1 Å². The van der Waals surface area contributed by atoms with Gasteiger partial charge in [-0.2, -0.15) is 0 Å². The predicted octanol–water partition coefficient (Wildman–Crippen LogP) is 1.46. The number of nitrogens with one attached hydrogen (secondary N) is 1. The van der Waals surface area contributed by atoms with E-state index in [4.69, 9.17) is 4.74 Å². The lowest BCUT2D eigenvalue weighted by atomic mass is 10.1. The largest absolute Gasteiger partial charge is 0.383 e. The maximum Gasteiger partial charge on any atom is 0.253 e. The Morgan fingerprint density at radius 2 is 2.10 bits per heavy atom. The van der Waals surface area contributed by atoms with Crippen molar-refractivity contribution in [2.75, 3.05) is 20.3 Å². The second-order valence-electron chi connectivity index (χ2n) is 4.94. The van der Waals surface area contributed by atoms with Crippen LogP contribution >= 0.6 is 0 Å². The molecule has 5 nitrogen and oxygen atoms in total. The molecule has 2 aromatic rings. The molecule has 1 N–H and O–H groups in total. The van der Waals surface area contributed by atoms with Crippen LogP contribution in [0.15, 0.2) is 35.1 Å². The highest BCUT2D eigenvalue weighted by Crippen LogP contribution is 2.13. The van der Waals surface area contributed by atoms with Crippen molar-refractivity contribution in [2.45, 2.75) is 19.9 Å². The molecule has 5 heteroatoms. The number of aromatic nitrogens is 1. The van der Waals surface area contributed by atoms with Crippen molar-refractivity contribution in [1.82, 2.24) is 9.88 Å². The highest BCUT2D eigenvalue weighted by molar-refractivity contribution is 5.80. The fourth-order valence-electron chi connectivity index (χ4n) is 2.29. The number of ether oxygens (including phenoxy) is 1. The van der Waals surface area contributed by atoms with E-state index in [1.54, 1.807) is 18.6 Å². The summed E-state index contributed by atoms with van der Waals surface area (Å²) in [6.07, 6.45) is 0.275. The van der Waals surface area contributed by atoms with Gasteiger partial charge >= 0.3 is 0 Å². The number of carbonyl (C=O) groups excluding carboxylic acids is 1. The topological polar surface area (TPSA) is 60.3 Å². The average Bonchev–Trinajstić information content (AvgIpc) is 2.48. The van der Waals surface area contributed by atoms with Crippen LogP contribution in [0.2, 0.25) is 0 Å². The molecule has 0 aliphatic rings. The molecule has 0 unspecified atom stereocenters. The van der Waals surface area contributed by atoms with Gasteiger partial charge in [-0.3, -0.25) is 9.59 Å². The first-order valence-corrected chi connectivity index (χ1v) is 6.98. The van der Waals surface area contributed by atoms with E-state index in [0.717, 1.165) is 10.9 Å². The summed E-state index contributed by atoms with van der Waals surface area (Å²) in [7, 11) is 1.59. The second kappa shape index (κ2) is 7.04. The number of benzene rings is 1. The first-order chi connectivity index (χ1) is 10.1. The minimum atomic E-state index is -0.0791. The Kier molecular flexibility index (Phi) is 5.11. The number of hydrogen-bond donors (Lipinski definition) is 1. The molecule has 0 atom stereocenters. The van der Waals surface area contributed by atoms with Crippen LogP contribution in [0.4, 0.5) is 0 Å². The Morgan fingerprint density at radius 3 is 2.86 bits per heavy atom. The highest BCUT2D eigenvalue weighted by Gasteiger charge is 2.08. The molecule has 1 amide bonds. The Hall–Kier alpha value is -2.14. The predicted molar refractivity (Wildman–Crippen MR) is 82.4 cm³/mol. The minimum absolute atomic E-state index is 0.0432. The Labute approximate surface area is 123 Å². The number of aryl methyl sites for hydroxylation is 2. The van der Waals surface area contributed by atoms with Crippen LogP contribution < -0.4 is 10.9 Å². The first kappa shape index (κ1) is 15.3. The second-order valence-corrected chi connectivity index (χ2v) is 4.94. The van der Waals surface area contributed by atoms with Gasteiger partial charge in [-0.15, -0.1) is 0 Å². The summed E-state index contributed by atoms with van der Waals surface area (Å²) in [6.45, 7) is 3.14. The quantitative estimate of drug-likeness (QED) is 0.819. The molecule has 0 fully saturated rings. The molecule has 1 aromatic heterocycles. The van der Waals surface area contributed by atoms with Gasteiger partial charge < -0.3 is 14.6 Å². The van der Waals surface area contributed by atoms with Gasteiger partial charge in [-0.25, -0.2) is 0 Å². The van der Waals surface area contributed by atoms with Gasteiger partial charge in [0.25, 0.3) is 5.56 Å². The van der Waals surface area contributed by atoms with E-state index in [0.29, 0.717) is 25.3 Å². The van der Waals surface area contributed by atoms with E-state index < -0.39 is 0 Å². The monoisotopic (exact) mass is 288 g/mol. The molecule has 0 bridgehead atoms.